The second-order valence-electron chi connectivity index (χ2n) is 10.00. The summed E-state index contributed by atoms with van der Waals surface area (Å²) in [4.78, 5) is 44.2. The molecule has 1 aliphatic heterocycles. The Labute approximate surface area is 193 Å². The van der Waals surface area contributed by atoms with Crippen molar-refractivity contribution >= 4 is 23.2 Å². The van der Waals surface area contributed by atoms with E-state index >= 15 is 0 Å². The number of aryl methyl sites for hydroxylation is 1. The average Bonchev–Trinajstić information content (AvgIpc) is 3.12. The predicted molar refractivity (Wildman–Crippen MR) is 129 cm³/mol. The maximum atomic E-state index is 13.0. The van der Waals surface area contributed by atoms with Crippen LogP contribution in [0.5, 0.6) is 0 Å². The van der Waals surface area contributed by atoms with Crippen molar-refractivity contribution in [2.75, 3.05) is 24.5 Å². The number of alkyl carbamates (subject to hydrolysis) is 1. The lowest BCUT2D eigenvalue weighted by atomic mass is 9.97. The van der Waals surface area contributed by atoms with Gasteiger partial charge in [-0.25, -0.2) is 9.59 Å². The molecule has 0 aliphatic carbocycles. The summed E-state index contributed by atoms with van der Waals surface area (Å²) in [5, 5.41) is 2.87. The molecule has 0 unspecified atom stereocenters. The fraction of sp³-hybridized carbons (Fsp3) is 0.652. The minimum atomic E-state index is -0.519. The third-order valence-electron chi connectivity index (χ3n) is 5.84. The number of allylic oxidation sites excluding steroid dienone is 2. The standard InChI is InChI=1S/C23H36N6O4/c1-15(2)8-13-29-17-18(26(6)22(32)27(7)19(17)30)25-20(29)28-11-9-16(10-12-28)14-24-21(31)33-23(3,4)5/h8,16H,9-14H2,1-7H3,(H,24,31). The van der Waals surface area contributed by atoms with Crippen LogP contribution in [0.4, 0.5) is 10.7 Å². The molecule has 10 nitrogen and oxygen atoms in total. The van der Waals surface area contributed by atoms with Gasteiger partial charge in [-0.1, -0.05) is 11.6 Å². The summed E-state index contributed by atoms with van der Waals surface area (Å²) >= 11 is 0. The molecule has 1 N–H and O–H groups in total. The Bertz CT molecular complexity index is 1170. The number of piperidine rings is 1. The summed E-state index contributed by atoms with van der Waals surface area (Å²) in [6, 6.07) is 0. The number of rotatable bonds is 5. The Hall–Kier alpha value is -3.04. The van der Waals surface area contributed by atoms with E-state index in [9.17, 15) is 14.4 Å². The zero-order valence-electron chi connectivity index (χ0n) is 20.8. The van der Waals surface area contributed by atoms with Crippen LogP contribution in [0.1, 0.15) is 47.5 Å². The number of amides is 1. The molecule has 0 saturated carbocycles. The molecule has 1 saturated heterocycles. The first-order valence-electron chi connectivity index (χ1n) is 11.4. The van der Waals surface area contributed by atoms with Gasteiger partial charge in [-0.2, -0.15) is 4.98 Å². The summed E-state index contributed by atoms with van der Waals surface area (Å²) in [7, 11) is 3.13. The fourth-order valence-electron chi connectivity index (χ4n) is 4.00. The Balaban J connectivity index is 1.82. The molecule has 0 aromatic carbocycles. The van der Waals surface area contributed by atoms with Crippen molar-refractivity contribution in [2.24, 2.45) is 20.0 Å². The number of nitrogens with one attached hydrogen (secondary N) is 1. The second-order valence-corrected chi connectivity index (χ2v) is 10.00. The van der Waals surface area contributed by atoms with E-state index in [1.54, 1.807) is 7.05 Å². The molecule has 1 amide bonds. The van der Waals surface area contributed by atoms with Crippen LogP contribution in [0.3, 0.4) is 0 Å². The van der Waals surface area contributed by atoms with Crippen LogP contribution in [0.25, 0.3) is 11.2 Å². The monoisotopic (exact) mass is 460 g/mol. The third kappa shape index (κ3) is 5.48. The normalized spacial score (nSPS) is 15.1. The van der Waals surface area contributed by atoms with E-state index < -0.39 is 17.4 Å². The zero-order chi connectivity index (χ0) is 24.5. The van der Waals surface area contributed by atoms with Gasteiger partial charge in [0, 0.05) is 40.3 Å². The van der Waals surface area contributed by atoms with Gasteiger partial charge in [0.15, 0.2) is 11.2 Å². The minimum absolute atomic E-state index is 0.335. The zero-order valence-corrected chi connectivity index (χ0v) is 20.8. The van der Waals surface area contributed by atoms with E-state index in [0.29, 0.717) is 36.1 Å². The molecule has 2 aromatic heterocycles. The minimum Gasteiger partial charge on any atom is -0.444 e. The summed E-state index contributed by atoms with van der Waals surface area (Å²) in [5.74, 6) is 1.03. The van der Waals surface area contributed by atoms with Crippen molar-refractivity contribution in [1.82, 2.24) is 24.0 Å². The number of imidazole rings is 1. The Kier molecular flexibility index (Phi) is 7.04. The molecule has 1 aliphatic rings. The van der Waals surface area contributed by atoms with Crippen LogP contribution in [-0.2, 0) is 25.4 Å². The van der Waals surface area contributed by atoms with Crippen molar-refractivity contribution in [3.63, 3.8) is 0 Å². The molecular weight excluding hydrogens is 424 g/mol. The van der Waals surface area contributed by atoms with Gasteiger partial charge < -0.3 is 19.5 Å². The first-order chi connectivity index (χ1) is 15.4. The van der Waals surface area contributed by atoms with Crippen molar-refractivity contribution in [2.45, 2.75) is 59.6 Å². The van der Waals surface area contributed by atoms with Gasteiger partial charge in [-0.15, -0.1) is 0 Å². The van der Waals surface area contributed by atoms with E-state index in [4.69, 9.17) is 9.72 Å². The molecule has 0 atom stereocenters. The maximum Gasteiger partial charge on any atom is 0.407 e. The van der Waals surface area contributed by atoms with Gasteiger partial charge >= 0.3 is 11.8 Å². The van der Waals surface area contributed by atoms with Gasteiger partial charge in [0.1, 0.15) is 5.60 Å². The van der Waals surface area contributed by atoms with E-state index in [2.05, 4.69) is 10.2 Å². The molecule has 3 heterocycles. The van der Waals surface area contributed by atoms with Crippen LogP contribution < -0.4 is 21.5 Å². The van der Waals surface area contributed by atoms with Gasteiger partial charge in [-0.05, 0) is 53.4 Å². The molecule has 182 valence electrons. The van der Waals surface area contributed by atoms with Crippen molar-refractivity contribution < 1.29 is 9.53 Å². The van der Waals surface area contributed by atoms with Crippen molar-refractivity contribution in [3.05, 3.63) is 32.5 Å². The Morgan fingerprint density at radius 2 is 1.79 bits per heavy atom. The Morgan fingerprint density at radius 3 is 2.36 bits per heavy atom. The van der Waals surface area contributed by atoms with Crippen LogP contribution in [0, 0.1) is 5.92 Å². The van der Waals surface area contributed by atoms with E-state index in [1.165, 1.54) is 11.6 Å². The number of carbonyl (C=O) groups excluding carboxylic acids is 1. The summed E-state index contributed by atoms with van der Waals surface area (Å²) in [6.45, 7) is 12.1. The highest BCUT2D eigenvalue weighted by atomic mass is 16.6. The molecule has 2 aromatic rings. The first kappa shape index (κ1) is 24.6. The van der Waals surface area contributed by atoms with Gasteiger partial charge in [-0.3, -0.25) is 13.9 Å². The Morgan fingerprint density at radius 1 is 1.15 bits per heavy atom. The van der Waals surface area contributed by atoms with E-state index in [1.807, 2.05) is 45.3 Å². The number of ether oxygens (including phenoxy) is 1. The molecule has 0 bridgehead atoms. The number of fused-ring (bicyclic) bond motifs is 1. The predicted octanol–water partition coefficient (Wildman–Crippen LogP) is 2.14. The molecule has 0 radical (unpaired) electrons. The highest BCUT2D eigenvalue weighted by molar-refractivity contribution is 5.74. The summed E-state index contributed by atoms with van der Waals surface area (Å²) < 4.78 is 9.78. The maximum absolute atomic E-state index is 13.0. The lowest BCUT2D eigenvalue weighted by molar-refractivity contribution is 0.0516. The van der Waals surface area contributed by atoms with Gasteiger partial charge in [0.25, 0.3) is 5.56 Å². The second kappa shape index (κ2) is 9.44. The van der Waals surface area contributed by atoms with Gasteiger partial charge in [0.2, 0.25) is 5.95 Å². The van der Waals surface area contributed by atoms with Crippen LogP contribution in [0.2, 0.25) is 0 Å². The number of nitrogens with zero attached hydrogens (tertiary/aromatic N) is 5. The molecule has 0 spiro atoms. The van der Waals surface area contributed by atoms with Gasteiger partial charge in [0.05, 0.1) is 0 Å². The third-order valence-corrected chi connectivity index (χ3v) is 5.84. The lowest BCUT2D eigenvalue weighted by Gasteiger charge is -2.33. The molecule has 1 fully saturated rings. The number of aromatic nitrogens is 4. The fourth-order valence-corrected chi connectivity index (χ4v) is 4.00. The highest BCUT2D eigenvalue weighted by Gasteiger charge is 2.27. The van der Waals surface area contributed by atoms with Crippen LogP contribution in [-0.4, -0.2) is 50.0 Å². The lowest BCUT2D eigenvalue weighted by Crippen LogP contribution is -2.41. The molecule has 33 heavy (non-hydrogen) atoms. The summed E-state index contributed by atoms with van der Waals surface area (Å²) in [6.07, 6.45) is 3.40. The average molecular weight is 461 g/mol. The molecule has 10 heteroatoms. The summed E-state index contributed by atoms with van der Waals surface area (Å²) in [5.41, 5.74) is 0.712. The van der Waals surface area contributed by atoms with Crippen molar-refractivity contribution in [1.29, 1.82) is 0 Å². The topological polar surface area (TPSA) is 103 Å². The first-order valence-corrected chi connectivity index (χ1v) is 11.4. The largest absolute Gasteiger partial charge is 0.444 e. The number of anilines is 1. The number of carbonyl (C=O) groups is 1. The molecule has 3 rings (SSSR count). The van der Waals surface area contributed by atoms with E-state index in [-0.39, 0.29) is 5.56 Å². The van der Waals surface area contributed by atoms with Crippen molar-refractivity contribution in [3.8, 4) is 0 Å². The number of hydrogen-bond donors (Lipinski definition) is 1. The van der Waals surface area contributed by atoms with Crippen LogP contribution in [0.15, 0.2) is 21.2 Å². The number of hydrogen-bond acceptors (Lipinski definition) is 6. The molecular formula is C23H36N6O4. The highest BCUT2D eigenvalue weighted by Crippen LogP contribution is 2.25. The quantitative estimate of drug-likeness (QED) is 0.686. The van der Waals surface area contributed by atoms with E-state index in [0.717, 1.165) is 36.1 Å². The SMILES string of the molecule is CC(C)=CCn1c(N2CCC(CNC(=O)OC(C)(C)C)CC2)nc2c1c(=O)n(C)c(=O)n2C. The van der Waals surface area contributed by atoms with Crippen LogP contribution >= 0.6 is 0 Å². The smallest absolute Gasteiger partial charge is 0.407 e.